The van der Waals surface area contributed by atoms with Crippen molar-refractivity contribution in [3.8, 4) is 0 Å². The van der Waals surface area contributed by atoms with Crippen molar-refractivity contribution in [1.29, 1.82) is 0 Å². The lowest BCUT2D eigenvalue weighted by Gasteiger charge is -2.09. The Morgan fingerprint density at radius 1 is 1.33 bits per heavy atom. The van der Waals surface area contributed by atoms with E-state index < -0.39 is 0 Å². The maximum absolute atomic E-state index is 11.5. The highest BCUT2D eigenvalue weighted by Gasteiger charge is 2.28. The lowest BCUT2D eigenvalue weighted by Crippen LogP contribution is -2.21. The van der Waals surface area contributed by atoms with Crippen molar-refractivity contribution in [3.63, 3.8) is 0 Å². The van der Waals surface area contributed by atoms with E-state index >= 15 is 0 Å². The highest BCUT2D eigenvalue weighted by atomic mass is 16.6. The minimum absolute atomic E-state index is 0.0196. The zero-order valence-corrected chi connectivity index (χ0v) is 9.41. The maximum atomic E-state index is 11.5. The molecule has 0 radical (unpaired) electrons. The van der Waals surface area contributed by atoms with Crippen LogP contribution in [0.4, 0.5) is 0 Å². The molecular formula is C11H21NO3. The first-order valence-electron chi connectivity index (χ1n) is 5.74. The summed E-state index contributed by atoms with van der Waals surface area (Å²) in [5, 5.41) is 0. The predicted molar refractivity (Wildman–Crippen MR) is 57.4 cm³/mol. The van der Waals surface area contributed by atoms with Crippen molar-refractivity contribution in [3.05, 3.63) is 0 Å². The van der Waals surface area contributed by atoms with E-state index in [1.807, 2.05) is 6.92 Å². The topological polar surface area (TPSA) is 61.5 Å². The molecule has 4 nitrogen and oxygen atoms in total. The molecule has 0 aromatic rings. The molecule has 0 saturated heterocycles. The first-order chi connectivity index (χ1) is 7.24. The van der Waals surface area contributed by atoms with Gasteiger partial charge in [-0.2, -0.15) is 0 Å². The normalized spacial score (nSPS) is 25.5. The van der Waals surface area contributed by atoms with Crippen LogP contribution in [0.5, 0.6) is 0 Å². The van der Waals surface area contributed by atoms with Crippen LogP contribution in [0.3, 0.4) is 0 Å². The van der Waals surface area contributed by atoms with Gasteiger partial charge in [0.25, 0.3) is 0 Å². The summed E-state index contributed by atoms with van der Waals surface area (Å²) in [6, 6.07) is 0.180. The van der Waals surface area contributed by atoms with Gasteiger partial charge < -0.3 is 15.2 Å². The van der Waals surface area contributed by atoms with Crippen LogP contribution in [0.1, 0.15) is 32.6 Å². The van der Waals surface area contributed by atoms with E-state index in [0.717, 1.165) is 32.3 Å². The third-order valence-corrected chi connectivity index (χ3v) is 2.63. The molecule has 2 atom stereocenters. The Morgan fingerprint density at radius 3 is 2.73 bits per heavy atom. The van der Waals surface area contributed by atoms with Gasteiger partial charge in [-0.25, -0.2) is 0 Å². The first kappa shape index (κ1) is 12.5. The van der Waals surface area contributed by atoms with Crippen LogP contribution in [0.15, 0.2) is 0 Å². The quantitative estimate of drug-likeness (QED) is 0.532. The monoisotopic (exact) mass is 215 g/mol. The summed E-state index contributed by atoms with van der Waals surface area (Å²) in [5.74, 6) is -0.0887. The Hall–Kier alpha value is -0.610. The molecule has 4 heteroatoms. The molecule has 0 amide bonds. The van der Waals surface area contributed by atoms with Crippen LogP contribution in [-0.2, 0) is 14.3 Å². The Kier molecular flexibility index (Phi) is 5.65. The van der Waals surface area contributed by atoms with Gasteiger partial charge in [-0.15, -0.1) is 0 Å². The number of rotatable bonds is 6. The highest BCUT2D eigenvalue weighted by Crippen LogP contribution is 2.24. The summed E-state index contributed by atoms with van der Waals surface area (Å²) in [4.78, 5) is 11.5. The van der Waals surface area contributed by atoms with E-state index in [9.17, 15) is 4.79 Å². The van der Waals surface area contributed by atoms with E-state index in [4.69, 9.17) is 15.2 Å². The van der Waals surface area contributed by atoms with Gasteiger partial charge in [0, 0.05) is 12.6 Å². The third-order valence-electron chi connectivity index (χ3n) is 2.63. The summed E-state index contributed by atoms with van der Waals surface area (Å²) in [7, 11) is 0. The Balaban J connectivity index is 2.03. The molecule has 2 N–H and O–H groups in total. The number of carbonyl (C=O) groups is 1. The second kappa shape index (κ2) is 6.80. The van der Waals surface area contributed by atoms with Crippen LogP contribution in [0, 0.1) is 5.92 Å². The molecule has 1 saturated carbocycles. The van der Waals surface area contributed by atoms with Gasteiger partial charge in [0.2, 0.25) is 0 Å². The summed E-state index contributed by atoms with van der Waals surface area (Å²) in [5.41, 5.74) is 5.72. The number of esters is 1. The summed E-state index contributed by atoms with van der Waals surface area (Å²) < 4.78 is 10.3. The molecule has 1 fully saturated rings. The maximum Gasteiger partial charge on any atom is 0.309 e. The van der Waals surface area contributed by atoms with Gasteiger partial charge in [0.05, 0.1) is 12.5 Å². The van der Waals surface area contributed by atoms with E-state index in [0.29, 0.717) is 13.2 Å². The number of carbonyl (C=O) groups excluding carboxylic acids is 1. The van der Waals surface area contributed by atoms with Crippen molar-refractivity contribution in [1.82, 2.24) is 0 Å². The molecule has 0 aromatic carbocycles. The SMILES string of the molecule is CCCOCCOC(=O)C1CCC(N)C1. The molecule has 1 aliphatic rings. The van der Waals surface area contributed by atoms with Gasteiger partial charge in [-0.05, 0) is 25.7 Å². The Morgan fingerprint density at radius 2 is 2.13 bits per heavy atom. The fraction of sp³-hybridized carbons (Fsp3) is 0.909. The molecule has 0 heterocycles. The van der Waals surface area contributed by atoms with Crippen molar-refractivity contribution >= 4 is 5.97 Å². The van der Waals surface area contributed by atoms with Crippen molar-refractivity contribution in [2.45, 2.75) is 38.6 Å². The summed E-state index contributed by atoms with van der Waals surface area (Å²) in [6.45, 7) is 3.64. The molecule has 2 unspecified atom stereocenters. The molecule has 1 rings (SSSR count). The summed E-state index contributed by atoms with van der Waals surface area (Å²) >= 11 is 0. The average molecular weight is 215 g/mol. The lowest BCUT2D eigenvalue weighted by atomic mass is 10.1. The van der Waals surface area contributed by atoms with Crippen LogP contribution in [0.25, 0.3) is 0 Å². The molecule has 15 heavy (non-hydrogen) atoms. The van der Waals surface area contributed by atoms with Crippen molar-refractivity contribution in [2.75, 3.05) is 19.8 Å². The van der Waals surface area contributed by atoms with Crippen molar-refractivity contribution in [2.24, 2.45) is 11.7 Å². The fourth-order valence-electron chi connectivity index (χ4n) is 1.80. The Labute approximate surface area is 91.1 Å². The average Bonchev–Trinajstić information content (AvgIpc) is 2.64. The second-order valence-electron chi connectivity index (χ2n) is 4.05. The zero-order valence-electron chi connectivity index (χ0n) is 9.41. The van der Waals surface area contributed by atoms with Crippen LogP contribution < -0.4 is 5.73 Å². The largest absolute Gasteiger partial charge is 0.463 e. The molecule has 1 aliphatic carbocycles. The standard InChI is InChI=1S/C11H21NO3/c1-2-5-14-6-7-15-11(13)9-3-4-10(12)8-9/h9-10H,2-8,12H2,1H3. The van der Waals surface area contributed by atoms with Gasteiger partial charge in [-0.3, -0.25) is 4.79 Å². The fourth-order valence-corrected chi connectivity index (χ4v) is 1.80. The smallest absolute Gasteiger partial charge is 0.309 e. The molecular weight excluding hydrogens is 194 g/mol. The second-order valence-corrected chi connectivity index (χ2v) is 4.05. The van der Waals surface area contributed by atoms with E-state index in [-0.39, 0.29) is 17.9 Å². The minimum Gasteiger partial charge on any atom is -0.463 e. The van der Waals surface area contributed by atoms with Crippen molar-refractivity contribution < 1.29 is 14.3 Å². The van der Waals surface area contributed by atoms with Gasteiger partial charge >= 0.3 is 5.97 Å². The summed E-state index contributed by atoms with van der Waals surface area (Å²) in [6.07, 6.45) is 3.57. The minimum atomic E-state index is -0.108. The Bertz CT molecular complexity index is 196. The van der Waals surface area contributed by atoms with Crippen LogP contribution in [0.2, 0.25) is 0 Å². The van der Waals surface area contributed by atoms with Crippen LogP contribution >= 0.6 is 0 Å². The zero-order chi connectivity index (χ0) is 11.1. The number of ether oxygens (including phenoxy) is 2. The molecule has 88 valence electrons. The lowest BCUT2D eigenvalue weighted by molar-refractivity contribution is -0.149. The first-order valence-corrected chi connectivity index (χ1v) is 5.74. The van der Waals surface area contributed by atoms with Gasteiger partial charge in [0.1, 0.15) is 6.61 Å². The number of hydrogen-bond acceptors (Lipinski definition) is 4. The number of nitrogens with two attached hydrogens (primary N) is 1. The number of hydrogen-bond donors (Lipinski definition) is 1. The molecule has 0 aliphatic heterocycles. The van der Waals surface area contributed by atoms with E-state index in [1.54, 1.807) is 0 Å². The molecule has 0 spiro atoms. The van der Waals surface area contributed by atoms with Gasteiger partial charge in [0.15, 0.2) is 0 Å². The van der Waals surface area contributed by atoms with E-state index in [2.05, 4.69) is 0 Å². The third kappa shape index (κ3) is 4.62. The van der Waals surface area contributed by atoms with Crippen LogP contribution in [-0.4, -0.2) is 31.8 Å². The molecule has 0 bridgehead atoms. The van der Waals surface area contributed by atoms with E-state index in [1.165, 1.54) is 0 Å². The predicted octanol–water partition coefficient (Wildman–Crippen LogP) is 1.08. The highest BCUT2D eigenvalue weighted by molar-refractivity contribution is 5.72. The van der Waals surface area contributed by atoms with Gasteiger partial charge in [-0.1, -0.05) is 6.92 Å². The molecule has 0 aromatic heterocycles.